The van der Waals surface area contributed by atoms with Gasteiger partial charge >= 0.3 is 0 Å². The summed E-state index contributed by atoms with van der Waals surface area (Å²) in [4.78, 5) is 4.30. The summed E-state index contributed by atoms with van der Waals surface area (Å²) in [7, 11) is 3.26. The Kier molecular flexibility index (Phi) is 10.8. The Morgan fingerprint density at radius 1 is 1.12 bits per heavy atom. The minimum absolute atomic E-state index is 0. The van der Waals surface area contributed by atoms with E-state index in [0.717, 1.165) is 36.6 Å². The normalized spacial score (nSPS) is 11.6. The van der Waals surface area contributed by atoms with Crippen LogP contribution in [0.15, 0.2) is 23.2 Å². The molecule has 1 rings (SSSR count). The number of ether oxygens (including phenoxy) is 2. The number of methoxy groups -OCH3 is 2. The molecule has 138 valence electrons. The molecule has 0 saturated carbocycles. The number of halogens is 1. The van der Waals surface area contributed by atoms with Crippen LogP contribution in [0.4, 0.5) is 0 Å². The van der Waals surface area contributed by atoms with Crippen LogP contribution in [0.1, 0.15) is 26.3 Å². The lowest BCUT2D eigenvalue weighted by Crippen LogP contribution is -2.38. The molecule has 0 aliphatic rings. The van der Waals surface area contributed by atoms with Gasteiger partial charge in [0.2, 0.25) is 0 Å². The Bertz CT molecular complexity index is 516. The van der Waals surface area contributed by atoms with E-state index in [1.165, 1.54) is 0 Å². The second kappa shape index (κ2) is 11.4. The van der Waals surface area contributed by atoms with Gasteiger partial charge in [0.1, 0.15) is 0 Å². The first-order chi connectivity index (χ1) is 10.9. The van der Waals surface area contributed by atoms with Crippen molar-refractivity contribution in [1.29, 1.82) is 0 Å². The van der Waals surface area contributed by atoms with Crippen LogP contribution in [0.25, 0.3) is 0 Å². The molecular weight excluding hydrogens is 419 g/mol. The van der Waals surface area contributed by atoms with Crippen LogP contribution in [-0.4, -0.2) is 45.4 Å². The molecule has 0 bridgehead atoms. The minimum Gasteiger partial charge on any atom is -0.493 e. The number of rotatable bonds is 8. The molecule has 0 unspecified atom stereocenters. The highest BCUT2D eigenvalue weighted by Gasteiger charge is 2.07. The standard InChI is InChI=1S/C17H30N4O2.HI/c1-17(2,3)21-11-10-20-16(18)19-9-8-13-6-7-14(22-4)15(12-13)23-5;/h6-7,12,21H,8-11H2,1-5H3,(H3,18,19,20);1H. The number of benzene rings is 1. The van der Waals surface area contributed by atoms with Crippen molar-refractivity contribution < 1.29 is 9.47 Å². The molecule has 0 fully saturated rings. The lowest BCUT2D eigenvalue weighted by Gasteiger charge is -2.19. The second-order valence-corrected chi connectivity index (χ2v) is 6.31. The third-order valence-corrected chi connectivity index (χ3v) is 3.22. The molecule has 0 spiro atoms. The van der Waals surface area contributed by atoms with E-state index < -0.39 is 0 Å². The van der Waals surface area contributed by atoms with Gasteiger partial charge in [0, 0.05) is 18.6 Å². The van der Waals surface area contributed by atoms with Crippen molar-refractivity contribution in [2.24, 2.45) is 10.7 Å². The smallest absolute Gasteiger partial charge is 0.188 e. The van der Waals surface area contributed by atoms with Crippen molar-refractivity contribution in [3.05, 3.63) is 23.8 Å². The van der Waals surface area contributed by atoms with Crippen molar-refractivity contribution >= 4 is 29.9 Å². The van der Waals surface area contributed by atoms with E-state index in [1.54, 1.807) is 14.2 Å². The SMILES string of the molecule is COc1ccc(CCNC(N)=NCCNC(C)(C)C)cc1OC.I. The second-order valence-electron chi connectivity index (χ2n) is 6.31. The molecule has 0 aliphatic heterocycles. The highest BCUT2D eigenvalue weighted by atomic mass is 127. The number of nitrogens with zero attached hydrogens (tertiary/aromatic N) is 1. The summed E-state index contributed by atoms with van der Waals surface area (Å²) >= 11 is 0. The zero-order chi connectivity index (χ0) is 17.3. The number of hydrogen-bond donors (Lipinski definition) is 3. The number of aliphatic imine (C=N–C) groups is 1. The number of guanidine groups is 1. The van der Waals surface area contributed by atoms with Gasteiger partial charge in [0.25, 0.3) is 0 Å². The summed E-state index contributed by atoms with van der Waals surface area (Å²) in [6.45, 7) is 8.57. The molecule has 0 saturated heterocycles. The van der Waals surface area contributed by atoms with E-state index in [0.29, 0.717) is 12.5 Å². The highest BCUT2D eigenvalue weighted by molar-refractivity contribution is 14.0. The quantitative estimate of drug-likeness (QED) is 0.245. The van der Waals surface area contributed by atoms with Gasteiger partial charge in [-0.25, -0.2) is 0 Å². The zero-order valence-corrected chi connectivity index (χ0v) is 17.6. The van der Waals surface area contributed by atoms with Gasteiger partial charge in [-0.15, -0.1) is 24.0 Å². The Balaban J connectivity index is 0.00000529. The maximum absolute atomic E-state index is 5.86. The number of nitrogens with two attached hydrogens (primary N) is 1. The van der Waals surface area contributed by atoms with Crippen molar-refractivity contribution in [2.75, 3.05) is 33.9 Å². The first kappa shape index (κ1) is 22.8. The van der Waals surface area contributed by atoms with E-state index in [4.69, 9.17) is 15.2 Å². The van der Waals surface area contributed by atoms with Crippen LogP contribution in [0.5, 0.6) is 11.5 Å². The molecule has 4 N–H and O–H groups in total. The summed E-state index contributed by atoms with van der Waals surface area (Å²) in [6.07, 6.45) is 0.830. The predicted molar refractivity (Wildman–Crippen MR) is 111 cm³/mol. The van der Waals surface area contributed by atoms with Gasteiger partial charge in [-0.2, -0.15) is 0 Å². The number of hydrogen-bond acceptors (Lipinski definition) is 4. The fourth-order valence-electron chi connectivity index (χ4n) is 2.03. The molecule has 24 heavy (non-hydrogen) atoms. The summed E-state index contributed by atoms with van der Waals surface area (Å²) < 4.78 is 10.5. The highest BCUT2D eigenvalue weighted by Crippen LogP contribution is 2.27. The van der Waals surface area contributed by atoms with Crippen molar-refractivity contribution in [3.8, 4) is 11.5 Å². The third-order valence-electron chi connectivity index (χ3n) is 3.22. The molecule has 6 nitrogen and oxygen atoms in total. The van der Waals surface area contributed by atoms with Crippen molar-refractivity contribution in [3.63, 3.8) is 0 Å². The van der Waals surface area contributed by atoms with Gasteiger partial charge in [0.05, 0.1) is 20.8 Å². The third kappa shape index (κ3) is 9.17. The van der Waals surface area contributed by atoms with E-state index in [2.05, 4.69) is 36.4 Å². The number of nitrogens with one attached hydrogen (secondary N) is 2. The fraction of sp³-hybridized carbons (Fsp3) is 0.588. The molecule has 0 aliphatic carbocycles. The predicted octanol–water partition coefficient (Wildman–Crippen LogP) is 2.16. The average molecular weight is 450 g/mol. The lowest BCUT2D eigenvalue weighted by atomic mass is 10.1. The van der Waals surface area contributed by atoms with Gasteiger partial charge in [-0.1, -0.05) is 6.07 Å². The van der Waals surface area contributed by atoms with Crippen LogP contribution in [0.2, 0.25) is 0 Å². The zero-order valence-electron chi connectivity index (χ0n) is 15.3. The average Bonchev–Trinajstić information content (AvgIpc) is 2.50. The minimum atomic E-state index is 0. The van der Waals surface area contributed by atoms with Crippen molar-refractivity contribution in [1.82, 2.24) is 10.6 Å². The summed E-state index contributed by atoms with van der Waals surface area (Å²) in [5, 5.41) is 6.49. The van der Waals surface area contributed by atoms with Gasteiger partial charge < -0.3 is 25.8 Å². The molecule has 0 amide bonds. The first-order valence-corrected chi connectivity index (χ1v) is 7.85. The molecule has 1 aromatic rings. The van der Waals surface area contributed by atoms with Crippen LogP contribution in [-0.2, 0) is 6.42 Å². The molecule has 0 atom stereocenters. The van der Waals surface area contributed by atoms with Crippen LogP contribution in [0, 0.1) is 0 Å². The van der Waals surface area contributed by atoms with E-state index >= 15 is 0 Å². The molecule has 7 heteroatoms. The Morgan fingerprint density at radius 2 is 1.79 bits per heavy atom. The molecule has 1 aromatic carbocycles. The Morgan fingerprint density at radius 3 is 2.38 bits per heavy atom. The largest absolute Gasteiger partial charge is 0.493 e. The molecular formula is C17H31IN4O2. The fourth-order valence-corrected chi connectivity index (χ4v) is 2.03. The summed E-state index contributed by atoms with van der Waals surface area (Å²) in [5.74, 6) is 1.94. The van der Waals surface area contributed by atoms with E-state index in [1.807, 2.05) is 18.2 Å². The van der Waals surface area contributed by atoms with Crippen LogP contribution >= 0.6 is 24.0 Å². The summed E-state index contributed by atoms with van der Waals surface area (Å²) in [6, 6.07) is 5.90. The molecule has 0 radical (unpaired) electrons. The maximum Gasteiger partial charge on any atom is 0.188 e. The van der Waals surface area contributed by atoms with E-state index in [-0.39, 0.29) is 29.5 Å². The first-order valence-electron chi connectivity index (χ1n) is 7.85. The topological polar surface area (TPSA) is 80.9 Å². The Labute approximate surface area is 162 Å². The molecule has 0 heterocycles. The van der Waals surface area contributed by atoms with Gasteiger partial charge in [-0.05, 0) is 44.9 Å². The summed E-state index contributed by atoms with van der Waals surface area (Å²) in [5.41, 5.74) is 7.11. The van der Waals surface area contributed by atoms with Gasteiger partial charge in [0.15, 0.2) is 17.5 Å². The molecule has 0 aromatic heterocycles. The van der Waals surface area contributed by atoms with Gasteiger partial charge in [-0.3, -0.25) is 4.99 Å². The maximum atomic E-state index is 5.86. The van der Waals surface area contributed by atoms with Crippen LogP contribution in [0.3, 0.4) is 0 Å². The monoisotopic (exact) mass is 450 g/mol. The van der Waals surface area contributed by atoms with Crippen molar-refractivity contribution in [2.45, 2.75) is 32.7 Å². The van der Waals surface area contributed by atoms with E-state index in [9.17, 15) is 0 Å². The van der Waals surface area contributed by atoms with Crippen LogP contribution < -0.4 is 25.8 Å². The Hall–Kier alpha value is -1.22. The lowest BCUT2D eigenvalue weighted by molar-refractivity contribution is 0.354.